The standard InChI is InChI=1S/C15H20N2/c1-3-6-14-15-11-12-7-4-5-8-13(12)17(15)10-9-16(14)2/h4-5,7-8,11,14H,3,6,9-10H2,1-2H3. The number of rotatable bonds is 2. The summed E-state index contributed by atoms with van der Waals surface area (Å²) in [5, 5.41) is 1.39. The van der Waals surface area contributed by atoms with Crippen molar-refractivity contribution in [1.29, 1.82) is 0 Å². The van der Waals surface area contributed by atoms with E-state index in [-0.39, 0.29) is 0 Å². The first kappa shape index (κ1) is 10.8. The number of hydrogen-bond acceptors (Lipinski definition) is 1. The number of hydrogen-bond donors (Lipinski definition) is 0. The largest absolute Gasteiger partial charge is 0.342 e. The van der Waals surface area contributed by atoms with Crippen molar-refractivity contribution in [3.05, 3.63) is 36.0 Å². The Morgan fingerprint density at radius 1 is 1.24 bits per heavy atom. The van der Waals surface area contributed by atoms with Gasteiger partial charge in [0.25, 0.3) is 0 Å². The van der Waals surface area contributed by atoms with Gasteiger partial charge in [0.2, 0.25) is 0 Å². The third-order valence-corrected chi connectivity index (χ3v) is 3.95. The summed E-state index contributed by atoms with van der Waals surface area (Å²) in [5.41, 5.74) is 2.90. The van der Waals surface area contributed by atoms with Gasteiger partial charge in [-0.05, 0) is 31.0 Å². The SMILES string of the molecule is CCCC1c2cc3ccccc3n2CCN1C. The van der Waals surface area contributed by atoms with Crippen LogP contribution in [0.3, 0.4) is 0 Å². The Morgan fingerprint density at radius 3 is 2.88 bits per heavy atom. The van der Waals surface area contributed by atoms with E-state index in [1.54, 1.807) is 0 Å². The second-order valence-corrected chi connectivity index (χ2v) is 5.06. The highest BCUT2D eigenvalue weighted by atomic mass is 15.2. The molecule has 0 radical (unpaired) electrons. The van der Waals surface area contributed by atoms with Crippen LogP contribution in [0.5, 0.6) is 0 Å². The summed E-state index contributed by atoms with van der Waals surface area (Å²) in [6.07, 6.45) is 2.50. The molecule has 1 aromatic carbocycles. The highest BCUT2D eigenvalue weighted by Crippen LogP contribution is 2.33. The first-order valence-corrected chi connectivity index (χ1v) is 6.59. The highest BCUT2D eigenvalue weighted by molar-refractivity contribution is 5.81. The summed E-state index contributed by atoms with van der Waals surface area (Å²) in [6, 6.07) is 11.7. The normalized spacial score (nSPS) is 20.7. The summed E-state index contributed by atoms with van der Waals surface area (Å²) in [4.78, 5) is 2.50. The Hall–Kier alpha value is -1.28. The third kappa shape index (κ3) is 1.67. The lowest BCUT2D eigenvalue weighted by molar-refractivity contribution is 0.188. The number of nitrogens with zero attached hydrogens (tertiary/aromatic N) is 2. The zero-order valence-corrected chi connectivity index (χ0v) is 10.7. The summed E-state index contributed by atoms with van der Waals surface area (Å²) in [5.74, 6) is 0. The van der Waals surface area contributed by atoms with Gasteiger partial charge in [-0.3, -0.25) is 4.90 Å². The summed E-state index contributed by atoms with van der Waals surface area (Å²) in [6.45, 7) is 4.56. The fourth-order valence-electron chi connectivity index (χ4n) is 3.04. The van der Waals surface area contributed by atoms with E-state index in [2.05, 4.69) is 53.8 Å². The lowest BCUT2D eigenvalue weighted by Crippen LogP contribution is -2.34. The van der Waals surface area contributed by atoms with Gasteiger partial charge in [0, 0.05) is 30.3 Å². The molecule has 1 aliphatic rings. The van der Waals surface area contributed by atoms with Gasteiger partial charge >= 0.3 is 0 Å². The quantitative estimate of drug-likeness (QED) is 0.764. The zero-order chi connectivity index (χ0) is 11.8. The molecule has 0 saturated carbocycles. The molecule has 0 saturated heterocycles. The molecular formula is C15H20N2. The average Bonchev–Trinajstić information content (AvgIpc) is 2.72. The molecule has 3 rings (SSSR count). The van der Waals surface area contributed by atoms with Crippen LogP contribution in [-0.4, -0.2) is 23.1 Å². The van der Waals surface area contributed by atoms with Gasteiger partial charge in [0.1, 0.15) is 0 Å². The van der Waals surface area contributed by atoms with Crippen LogP contribution < -0.4 is 0 Å². The minimum Gasteiger partial charge on any atom is -0.342 e. The van der Waals surface area contributed by atoms with Crippen molar-refractivity contribution < 1.29 is 0 Å². The average molecular weight is 228 g/mol. The second-order valence-electron chi connectivity index (χ2n) is 5.06. The second kappa shape index (κ2) is 4.19. The van der Waals surface area contributed by atoms with E-state index in [1.807, 2.05) is 0 Å². The smallest absolute Gasteiger partial charge is 0.0498 e. The summed E-state index contributed by atoms with van der Waals surface area (Å²) >= 11 is 0. The van der Waals surface area contributed by atoms with Crippen LogP contribution in [0.2, 0.25) is 0 Å². The van der Waals surface area contributed by atoms with Gasteiger partial charge in [-0.1, -0.05) is 31.5 Å². The van der Waals surface area contributed by atoms with Crippen molar-refractivity contribution in [1.82, 2.24) is 9.47 Å². The molecule has 17 heavy (non-hydrogen) atoms. The van der Waals surface area contributed by atoms with E-state index < -0.39 is 0 Å². The lowest BCUT2D eigenvalue weighted by Gasteiger charge is -2.34. The van der Waals surface area contributed by atoms with Crippen molar-refractivity contribution in [3.8, 4) is 0 Å². The molecule has 2 heterocycles. The predicted molar refractivity (Wildman–Crippen MR) is 72.2 cm³/mol. The molecule has 1 atom stereocenters. The number of para-hydroxylation sites is 1. The fourth-order valence-corrected chi connectivity index (χ4v) is 3.04. The van der Waals surface area contributed by atoms with Gasteiger partial charge in [-0.25, -0.2) is 0 Å². The molecule has 1 unspecified atom stereocenters. The Balaban J connectivity index is 2.14. The topological polar surface area (TPSA) is 8.17 Å². The summed E-state index contributed by atoms with van der Waals surface area (Å²) < 4.78 is 2.51. The van der Waals surface area contributed by atoms with Gasteiger partial charge in [-0.2, -0.15) is 0 Å². The Kier molecular flexibility index (Phi) is 2.67. The Bertz CT molecular complexity index is 527. The van der Waals surface area contributed by atoms with E-state index in [1.165, 1.54) is 29.4 Å². The summed E-state index contributed by atoms with van der Waals surface area (Å²) in [7, 11) is 2.25. The van der Waals surface area contributed by atoms with Crippen LogP contribution >= 0.6 is 0 Å². The van der Waals surface area contributed by atoms with Gasteiger partial charge < -0.3 is 4.57 Å². The van der Waals surface area contributed by atoms with Crippen molar-refractivity contribution in [2.24, 2.45) is 0 Å². The minimum absolute atomic E-state index is 0.598. The number of benzene rings is 1. The molecule has 2 nitrogen and oxygen atoms in total. The molecule has 0 spiro atoms. The van der Waals surface area contributed by atoms with E-state index in [9.17, 15) is 0 Å². The fraction of sp³-hybridized carbons (Fsp3) is 0.467. The van der Waals surface area contributed by atoms with Crippen LogP contribution in [0.25, 0.3) is 10.9 Å². The molecule has 1 aliphatic heterocycles. The van der Waals surface area contributed by atoms with Crippen LogP contribution in [0.4, 0.5) is 0 Å². The van der Waals surface area contributed by atoms with Gasteiger partial charge in [-0.15, -0.1) is 0 Å². The first-order valence-electron chi connectivity index (χ1n) is 6.59. The molecule has 1 aromatic heterocycles. The van der Waals surface area contributed by atoms with Crippen molar-refractivity contribution in [2.45, 2.75) is 32.4 Å². The molecule has 2 aromatic rings. The van der Waals surface area contributed by atoms with E-state index >= 15 is 0 Å². The Morgan fingerprint density at radius 2 is 2.06 bits per heavy atom. The predicted octanol–water partition coefficient (Wildman–Crippen LogP) is 3.43. The number of likely N-dealkylation sites (N-methyl/N-ethyl adjacent to an activating group) is 1. The maximum atomic E-state index is 2.51. The molecule has 0 N–H and O–H groups in total. The highest BCUT2D eigenvalue weighted by Gasteiger charge is 2.25. The van der Waals surface area contributed by atoms with Crippen LogP contribution in [0.1, 0.15) is 31.5 Å². The first-order chi connectivity index (χ1) is 8.31. The maximum absolute atomic E-state index is 2.51. The van der Waals surface area contributed by atoms with E-state index in [0.717, 1.165) is 13.1 Å². The van der Waals surface area contributed by atoms with E-state index in [0.29, 0.717) is 6.04 Å². The van der Waals surface area contributed by atoms with Crippen molar-refractivity contribution in [2.75, 3.05) is 13.6 Å². The van der Waals surface area contributed by atoms with Crippen LogP contribution in [0.15, 0.2) is 30.3 Å². The Labute approximate surface area is 103 Å². The molecular weight excluding hydrogens is 208 g/mol. The van der Waals surface area contributed by atoms with Crippen LogP contribution in [0, 0.1) is 0 Å². The van der Waals surface area contributed by atoms with E-state index in [4.69, 9.17) is 0 Å². The van der Waals surface area contributed by atoms with Crippen molar-refractivity contribution >= 4 is 10.9 Å². The molecule has 2 heteroatoms. The monoisotopic (exact) mass is 228 g/mol. The minimum atomic E-state index is 0.598. The van der Waals surface area contributed by atoms with Crippen molar-refractivity contribution in [3.63, 3.8) is 0 Å². The molecule has 0 bridgehead atoms. The number of aromatic nitrogens is 1. The zero-order valence-electron chi connectivity index (χ0n) is 10.7. The molecule has 0 amide bonds. The third-order valence-electron chi connectivity index (χ3n) is 3.95. The molecule has 0 fully saturated rings. The lowest BCUT2D eigenvalue weighted by atomic mass is 10.1. The van der Waals surface area contributed by atoms with Crippen LogP contribution in [-0.2, 0) is 6.54 Å². The van der Waals surface area contributed by atoms with Gasteiger partial charge in [0.15, 0.2) is 0 Å². The van der Waals surface area contributed by atoms with Gasteiger partial charge in [0.05, 0.1) is 0 Å². The molecule has 0 aliphatic carbocycles. The molecule has 90 valence electrons. The number of fused-ring (bicyclic) bond motifs is 3. The maximum Gasteiger partial charge on any atom is 0.0498 e.